The second kappa shape index (κ2) is 54.5. The highest BCUT2D eigenvalue weighted by molar-refractivity contribution is 5.92. The first-order valence-corrected chi connectivity index (χ1v) is 40.2. The van der Waals surface area contributed by atoms with Crippen molar-refractivity contribution < 1.29 is 95.2 Å². The van der Waals surface area contributed by atoms with Crippen LogP contribution >= 0.6 is 0 Å². The second-order valence-electron chi connectivity index (χ2n) is 28.3. The number of carbonyl (C=O) groups is 8. The number of benzene rings is 4. The molecule has 2 aliphatic rings. The van der Waals surface area contributed by atoms with Gasteiger partial charge in [-0.3, -0.25) is 19.2 Å². The first-order chi connectivity index (χ1) is 52.7. The zero-order valence-corrected chi connectivity index (χ0v) is 64.5. The third-order valence-electron chi connectivity index (χ3n) is 19.7. The quantitative estimate of drug-likeness (QED) is 0.0131. The van der Waals surface area contributed by atoms with E-state index in [0.717, 1.165) is 180 Å². The Bertz CT molecular complexity index is 3220. The Morgan fingerprint density at radius 3 is 1.04 bits per heavy atom. The van der Waals surface area contributed by atoms with Crippen molar-refractivity contribution in [1.29, 1.82) is 0 Å². The van der Waals surface area contributed by atoms with Crippen molar-refractivity contribution in [3.05, 3.63) is 145 Å². The van der Waals surface area contributed by atoms with Gasteiger partial charge >= 0.3 is 35.8 Å². The van der Waals surface area contributed by atoms with Gasteiger partial charge in [0.1, 0.15) is 35.2 Å². The maximum atomic E-state index is 12.9. The lowest BCUT2D eigenvalue weighted by Gasteiger charge is -2.29. The summed E-state index contributed by atoms with van der Waals surface area (Å²) in [6.07, 6.45) is 29.8. The van der Waals surface area contributed by atoms with E-state index in [1.165, 1.54) is 23.3 Å². The molecule has 4 aromatic rings. The average molecular weight is 1500 g/mol. The van der Waals surface area contributed by atoms with Gasteiger partial charge in [0.25, 0.3) is 0 Å². The molecule has 0 aromatic heterocycles. The minimum atomic E-state index is -0.637. The Hall–Kier alpha value is -8.04. The van der Waals surface area contributed by atoms with E-state index >= 15 is 0 Å². The van der Waals surface area contributed by atoms with E-state index in [9.17, 15) is 38.4 Å². The van der Waals surface area contributed by atoms with Crippen LogP contribution in [0.25, 0.3) is 0 Å². The molecule has 0 saturated heterocycles. The summed E-state index contributed by atoms with van der Waals surface area (Å²) in [7, 11) is 0. The van der Waals surface area contributed by atoms with Gasteiger partial charge in [0.15, 0.2) is 11.6 Å². The normalized spacial score (nSPS) is 16.1. The number of Topliss-reactive ketones (excluding diaryl/α,β-unsaturated/α-hetero) is 2. The van der Waals surface area contributed by atoms with Crippen LogP contribution in [0.2, 0.25) is 0 Å². The highest BCUT2D eigenvalue weighted by Crippen LogP contribution is 2.37. The molecule has 4 aromatic carbocycles. The largest absolute Gasteiger partial charge is 0.494 e. The van der Waals surface area contributed by atoms with Gasteiger partial charge < -0.3 is 56.8 Å². The van der Waals surface area contributed by atoms with Crippen molar-refractivity contribution in [3.8, 4) is 23.0 Å². The fraction of sp³-hybridized carbons (Fsp3) is 0.591. The Morgan fingerprint density at radius 1 is 0.333 bits per heavy atom. The maximum absolute atomic E-state index is 12.9. The van der Waals surface area contributed by atoms with Crippen LogP contribution in [0.4, 0.5) is 0 Å². The zero-order chi connectivity index (χ0) is 77.0. The molecule has 0 aliphatic heterocycles. The van der Waals surface area contributed by atoms with E-state index in [1.807, 2.05) is 31.2 Å². The van der Waals surface area contributed by atoms with Gasteiger partial charge in [0.2, 0.25) is 0 Å². The molecule has 2 saturated carbocycles. The molecule has 2 aliphatic carbocycles. The van der Waals surface area contributed by atoms with Gasteiger partial charge in [-0.25, -0.2) is 19.2 Å². The Labute approximate surface area is 641 Å². The van der Waals surface area contributed by atoms with E-state index in [0.29, 0.717) is 131 Å². The minimum absolute atomic E-state index is 0.0117. The van der Waals surface area contributed by atoms with Gasteiger partial charge in [-0.2, -0.15) is 0 Å². The minimum Gasteiger partial charge on any atom is -0.494 e. The van der Waals surface area contributed by atoms with Crippen LogP contribution in [-0.2, 0) is 66.7 Å². The molecular weight excluding hydrogens is 1380 g/mol. The lowest BCUT2D eigenvalue weighted by molar-refractivity contribution is -0.146. The van der Waals surface area contributed by atoms with Crippen molar-refractivity contribution in [2.45, 2.75) is 268 Å². The van der Waals surface area contributed by atoms with E-state index in [2.05, 4.69) is 37.4 Å². The van der Waals surface area contributed by atoms with Crippen molar-refractivity contribution in [2.75, 3.05) is 66.1 Å². The predicted molar refractivity (Wildman–Crippen MR) is 414 cm³/mol. The van der Waals surface area contributed by atoms with Gasteiger partial charge in [0, 0.05) is 57.8 Å². The summed E-state index contributed by atoms with van der Waals surface area (Å²) in [6, 6.07) is 29.6. The number of carbonyl (C=O) groups excluding carboxylic acids is 8. The standard InChI is InChI=1S/C88H122O20/c1-5-83(91)103-63-24-12-9-21-61-101-77-47-39-73(40-48-77)87(95)107-79-51-35-71(36-52-79)69-31-43-75(44-32-69)99-59-20-8-7-19-57-97-67(3)81(89)29-17-15-28-66-106-86(94)56-55-82(90)68(4)98-58-27-16-18-30-85(93)105-65-26-14-11-23-60-100-76-45-33-70(34-46-76)72-37-53-80(54-38-72)108-88(96)74-41-49-78(50-42-74)102-62-22-10-13-25-64-104-84(92)6-2/h5-6,35-42,47-54,67-70,75-76H,1-2,7-34,43-46,55-66H2,3-4H3. The fourth-order valence-electron chi connectivity index (χ4n) is 13.0. The molecule has 594 valence electrons. The van der Waals surface area contributed by atoms with Crippen molar-refractivity contribution in [2.24, 2.45) is 0 Å². The molecule has 2 unspecified atom stereocenters. The van der Waals surface area contributed by atoms with Crippen LogP contribution in [0, 0.1) is 0 Å². The van der Waals surface area contributed by atoms with Crippen LogP contribution in [-0.4, -0.2) is 138 Å². The lowest BCUT2D eigenvalue weighted by Crippen LogP contribution is -2.22. The van der Waals surface area contributed by atoms with Crippen LogP contribution in [0.1, 0.15) is 276 Å². The Morgan fingerprint density at radius 2 is 0.648 bits per heavy atom. The SMILES string of the molecule is C=CC(=O)OCCCCCCOc1ccc(C(=O)Oc2ccc(C3CCC(OCCCCCCOC(=O)CCCCCOC(C)C(=O)CCC(=O)OCCCCCC(=O)C(C)OCCCCCCOC4CCC(c5ccc(OC(=O)c6ccc(OCCCCCCOC(=O)C=C)cc6)cc5)CC4)CC3)cc2)cc1. The molecule has 0 spiro atoms. The number of hydrogen-bond acceptors (Lipinski definition) is 20. The summed E-state index contributed by atoms with van der Waals surface area (Å²) < 4.78 is 67.8. The maximum Gasteiger partial charge on any atom is 0.343 e. The smallest absolute Gasteiger partial charge is 0.343 e. The zero-order valence-electron chi connectivity index (χ0n) is 64.5. The molecule has 2 atom stereocenters. The number of rotatable bonds is 59. The number of hydrogen-bond donors (Lipinski definition) is 0. The molecule has 0 bridgehead atoms. The lowest BCUT2D eigenvalue weighted by atomic mass is 9.83. The average Bonchev–Trinajstić information content (AvgIpc) is 0.851. The monoisotopic (exact) mass is 1500 g/mol. The summed E-state index contributed by atoms with van der Waals surface area (Å²) in [5, 5.41) is 0. The highest BCUT2D eigenvalue weighted by Gasteiger charge is 2.26. The Kier molecular flexibility index (Phi) is 44.9. The summed E-state index contributed by atoms with van der Waals surface area (Å²) >= 11 is 0. The molecule has 0 radical (unpaired) electrons. The van der Waals surface area contributed by atoms with Crippen LogP contribution in [0.5, 0.6) is 23.0 Å². The second-order valence-corrected chi connectivity index (χ2v) is 28.3. The van der Waals surface area contributed by atoms with Crippen molar-refractivity contribution >= 4 is 47.4 Å². The highest BCUT2D eigenvalue weighted by atomic mass is 16.6. The van der Waals surface area contributed by atoms with Gasteiger partial charge in [0.05, 0.1) is 69.4 Å². The molecule has 108 heavy (non-hydrogen) atoms. The van der Waals surface area contributed by atoms with Crippen molar-refractivity contribution in [3.63, 3.8) is 0 Å². The van der Waals surface area contributed by atoms with E-state index in [-0.39, 0.29) is 49.2 Å². The molecule has 2 fully saturated rings. The first-order valence-electron chi connectivity index (χ1n) is 40.2. The third-order valence-corrected chi connectivity index (χ3v) is 19.7. The summed E-state index contributed by atoms with van der Waals surface area (Å²) in [4.78, 5) is 97.9. The molecule has 0 heterocycles. The van der Waals surface area contributed by atoms with E-state index in [1.54, 1.807) is 55.5 Å². The molecule has 6 rings (SSSR count). The number of unbranched alkanes of at least 4 members (excludes halogenated alkanes) is 16. The molecule has 20 heteroatoms. The number of ketones is 2. The van der Waals surface area contributed by atoms with E-state index < -0.39 is 42.1 Å². The first kappa shape index (κ1) is 88.9. The number of ether oxygens (including phenoxy) is 12. The van der Waals surface area contributed by atoms with Crippen LogP contribution in [0.3, 0.4) is 0 Å². The fourth-order valence-corrected chi connectivity index (χ4v) is 13.0. The van der Waals surface area contributed by atoms with Gasteiger partial charge in [-0.1, -0.05) is 63.1 Å². The molecule has 20 nitrogen and oxygen atoms in total. The van der Waals surface area contributed by atoms with Crippen molar-refractivity contribution in [1.82, 2.24) is 0 Å². The van der Waals surface area contributed by atoms with Gasteiger partial charge in [-0.15, -0.1) is 0 Å². The van der Waals surface area contributed by atoms with Gasteiger partial charge in [-0.05, 0) is 277 Å². The Balaban J connectivity index is 0.643. The molecule has 0 amide bonds. The molecule has 0 N–H and O–H groups in total. The van der Waals surface area contributed by atoms with E-state index in [4.69, 9.17) is 56.8 Å². The summed E-state index contributed by atoms with van der Waals surface area (Å²) in [5.41, 5.74) is 3.38. The van der Waals surface area contributed by atoms with Crippen LogP contribution < -0.4 is 18.9 Å². The predicted octanol–water partition coefficient (Wildman–Crippen LogP) is 18.3. The topological polar surface area (TPSA) is 247 Å². The third kappa shape index (κ3) is 38.4. The molecular formula is C88H122O20. The van der Waals surface area contributed by atoms with Crippen LogP contribution in [0.15, 0.2) is 122 Å². The summed E-state index contributed by atoms with van der Waals surface area (Å²) in [5.74, 6) is 0.920. The summed E-state index contributed by atoms with van der Waals surface area (Å²) in [6.45, 7) is 15.2. The number of esters is 6.